The molecule has 0 aliphatic carbocycles. The first-order chi connectivity index (χ1) is 11.6. The lowest BCUT2D eigenvalue weighted by atomic mass is 10.2. The Morgan fingerprint density at radius 1 is 1.42 bits per heavy atom. The van der Waals surface area contributed by atoms with Crippen molar-refractivity contribution < 1.29 is 14.5 Å². The van der Waals surface area contributed by atoms with Crippen LogP contribution in [0, 0.1) is 17.0 Å². The zero-order chi connectivity index (χ0) is 17.4. The Morgan fingerprint density at radius 2 is 2.25 bits per heavy atom. The number of amides is 1. The summed E-state index contributed by atoms with van der Waals surface area (Å²) in [5.41, 5.74) is 0.539. The molecule has 0 radical (unpaired) electrons. The molecule has 1 N–H and O–H groups in total. The van der Waals surface area contributed by atoms with E-state index in [0.29, 0.717) is 17.9 Å². The molecule has 0 aliphatic heterocycles. The SMILES string of the molecule is Cc1cc(OCC(=O)NCCSCc2cccs2)ccc1[N+](=O)[O-]. The lowest BCUT2D eigenvalue weighted by molar-refractivity contribution is -0.385. The summed E-state index contributed by atoms with van der Waals surface area (Å²) >= 11 is 3.49. The third-order valence-electron chi connectivity index (χ3n) is 3.13. The summed E-state index contributed by atoms with van der Waals surface area (Å²) in [4.78, 5) is 23.3. The molecule has 1 aromatic heterocycles. The summed E-state index contributed by atoms with van der Waals surface area (Å²) in [7, 11) is 0. The molecule has 0 aliphatic rings. The molecule has 0 bridgehead atoms. The third-order valence-corrected chi connectivity index (χ3v) is 5.19. The Bertz CT molecular complexity index is 689. The van der Waals surface area contributed by atoms with Gasteiger partial charge in [-0.25, -0.2) is 0 Å². The van der Waals surface area contributed by atoms with Gasteiger partial charge in [-0.15, -0.1) is 11.3 Å². The predicted molar refractivity (Wildman–Crippen MR) is 96.8 cm³/mol. The van der Waals surface area contributed by atoms with E-state index in [9.17, 15) is 14.9 Å². The quantitative estimate of drug-likeness (QED) is 0.418. The largest absolute Gasteiger partial charge is 0.484 e. The molecule has 128 valence electrons. The summed E-state index contributed by atoms with van der Waals surface area (Å²) in [5, 5.41) is 15.6. The Kier molecular flexibility index (Phi) is 7.07. The van der Waals surface area contributed by atoms with Crippen LogP contribution >= 0.6 is 23.1 Å². The van der Waals surface area contributed by atoms with Gasteiger partial charge in [0.15, 0.2) is 6.61 Å². The summed E-state index contributed by atoms with van der Waals surface area (Å²) in [6.07, 6.45) is 0. The number of carbonyl (C=O) groups is 1. The molecule has 0 spiro atoms. The Morgan fingerprint density at radius 3 is 2.92 bits per heavy atom. The number of thiophene rings is 1. The van der Waals surface area contributed by atoms with Crippen LogP contribution in [0.5, 0.6) is 5.75 Å². The van der Waals surface area contributed by atoms with Gasteiger partial charge in [-0.3, -0.25) is 14.9 Å². The molecule has 6 nitrogen and oxygen atoms in total. The first-order valence-electron chi connectivity index (χ1n) is 7.31. The van der Waals surface area contributed by atoms with Gasteiger partial charge in [-0.2, -0.15) is 11.8 Å². The highest BCUT2D eigenvalue weighted by molar-refractivity contribution is 7.98. The number of hydrogen-bond acceptors (Lipinski definition) is 6. The zero-order valence-electron chi connectivity index (χ0n) is 13.2. The number of ether oxygens (including phenoxy) is 1. The van der Waals surface area contributed by atoms with Crippen LogP contribution in [0.2, 0.25) is 0 Å². The minimum Gasteiger partial charge on any atom is -0.484 e. The van der Waals surface area contributed by atoms with Gasteiger partial charge in [0.25, 0.3) is 11.6 Å². The van der Waals surface area contributed by atoms with Crippen molar-refractivity contribution in [1.29, 1.82) is 0 Å². The second-order valence-corrected chi connectivity index (χ2v) is 7.11. The maximum atomic E-state index is 11.7. The fourth-order valence-electron chi connectivity index (χ4n) is 1.95. The molecule has 2 aromatic rings. The van der Waals surface area contributed by atoms with E-state index in [-0.39, 0.29) is 18.2 Å². The molecule has 0 saturated heterocycles. The molecule has 8 heteroatoms. The Labute approximate surface area is 148 Å². The van der Waals surface area contributed by atoms with Crippen molar-refractivity contribution in [1.82, 2.24) is 5.32 Å². The maximum absolute atomic E-state index is 11.7. The lowest BCUT2D eigenvalue weighted by Gasteiger charge is -2.08. The maximum Gasteiger partial charge on any atom is 0.272 e. The molecule has 0 saturated carbocycles. The topological polar surface area (TPSA) is 81.5 Å². The van der Waals surface area contributed by atoms with Crippen LogP contribution in [-0.4, -0.2) is 29.7 Å². The molecule has 1 amide bonds. The second-order valence-electron chi connectivity index (χ2n) is 4.98. The summed E-state index contributed by atoms with van der Waals surface area (Å²) in [5.74, 6) is 2.02. The highest BCUT2D eigenvalue weighted by Gasteiger charge is 2.11. The highest BCUT2D eigenvalue weighted by Crippen LogP contribution is 2.22. The number of nitrogens with one attached hydrogen (secondary N) is 1. The molecular weight excluding hydrogens is 348 g/mol. The molecule has 0 atom stereocenters. The van der Waals surface area contributed by atoms with Crippen molar-refractivity contribution in [3.8, 4) is 5.75 Å². The van der Waals surface area contributed by atoms with Gasteiger partial charge in [0.05, 0.1) is 4.92 Å². The van der Waals surface area contributed by atoms with Crippen LogP contribution in [0.4, 0.5) is 5.69 Å². The van der Waals surface area contributed by atoms with Gasteiger partial charge in [0, 0.05) is 34.6 Å². The van der Waals surface area contributed by atoms with Crippen LogP contribution in [0.15, 0.2) is 35.7 Å². The average Bonchev–Trinajstić information content (AvgIpc) is 3.05. The third kappa shape index (κ3) is 5.86. The van der Waals surface area contributed by atoms with E-state index in [2.05, 4.69) is 16.8 Å². The molecular formula is C16H18N2O4S2. The van der Waals surface area contributed by atoms with Crippen LogP contribution in [0.1, 0.15) is 10.4 Å². The molecule has 1 aromatic carbocycles. The van der Waals surface area contributed by atoms with E-state index in [1.54, 1.807) is 36.1 Å². The minimum atomic E-state index is -0.445. The fraction of sp³-hybridized carbons (Fsp3) is 0.312. The van der Waals surface area contributed by atoms with E-state index in [1.807, 2.05) is 6.07 Å². The van der Waals surface area contributed by atoms with Gasteiger partial charge in [0.1, 0.15) is 5.75 Å². The number of hydrogen-bond donors (Lipinski definition) is 1. The second kappa shape index (κ2) is 9.29. The average molecular weight is 366 g/mol. The Hall–Kier alpha value is -2.06. The first kappa shape index (κ1) is 18.3. The van der Waals surface area contributed by atoms with Gasteiger partial charge < -0.3 is 10.1 Å². The summed E-state index contributed by atoms with van der Waals surface area (Å²) < 4.78 is 5.36. The molecule has 2 rings (SSSR count). The zero-order valence-corrected chi connectivity index (χ0v) is 14.8. The van der Waals surface area contributed by atoms with Crippen LogP contribution in [-0.2, 0) is 10.5 Å². The number of aryl methyl sites for hydroxylation is 1. The van der Waals surface area contributed by atoms with Gasteiger partial charge in [-0.05, 0) is 30.5 Å². The van der Waals surface area contributed by atoms with E-state index in [0.717, 1.165) is 11.5 Å². The molecule has 1 heterocycles. The van der Waals surface area contributed by atoms with Crippen molar-refractivity contribution in [2.45, 2.75) is 12.7 Å². The highest BCUT2D eigenvalue weighted by atomic mass is 32.2. The number of nitro groups is 1. The summed E-state index contributed by atoms with van der Waals surface area (Å²) in [6, 6.07) is 8.55. The number of thioether (sulfide) groups is 1. The Balaban J connectivity index is 1.64. The van der Waals surface area contributed by atoms with Crippen molar-refractivity contribution in [3.63, 3.8) is 0 Å². The number of benzene rings is 1. The van der Waals surface area contributed by atoms with E-state index >= 15 is 0 Å². The number of carbonyl (C=O) groups excluding carboxylic acids is 1. The van der Waals surface area contributed by atoms with E-state index < -0.39 is 4.92 Å². The van der Waals surface area contributed by atoms with E-state index in [4.69, 9.17) is 4.74 Å². The van der Waals surface area contributed by atoms with Crippen LogP contribution in [0.3, 0.4) is 0 Å². The van der Waals surface area contributed by atoms with Gasteiger partial charge >= 0.3 is 0 Å². The fourth-order valence-corrected chi connectivity index (χ4v) is 3.65. The predicted octanol–water partition coefficient (Wildman–Crippen LogP) is 3.39. The molecule has 24 heavy (non-hydrogen) atoms. The number of nitrogens with zero attached hydrogens (tertiary/aromatic N) is 1. The molecule has 0 unspecified atom stereocenters. The van der Waals surface area contributed by atoms with E-state index in [1.165, 1.54) is 17.0 Å². The summed E-state index contributed by atoms with van der Waals surface area (Å²) in [6.45, 7) is 2.11. The number of nitro benzene ring substituents is 1. The van der Waals surface area contributed by atoms with Crippen molar-refractivity contribution in [2.75, 3.05) is 18.9 Å². The molecule has 0 fully saturated rings. The van der Waals surface area contributed by atoms with Crippen LogP contribution in [0.25, 0.3) is 0 Å². The van der Waals surface area contributed by atoms with Crippen molar-refractivity contribution >= 4 is 34.7 Å². The minimum absolute atomic E-state index is 0.0366. The van der Waals surface area contributed by atoms with Gasteiger partial charge in [-0.1, -0.05) is 6.07 Å². The van der Waals surface area contributed by atoms with Crippen molar-refractivity contribution in [2.24, 2.45) is 0 Å². The monoisotopic (exact) mass is 366 g/mol. The number of rotatable bonds is 9. The van der Waals surface area contributed by atoms with Gasteiger partial charge in [0.2, 0.25) is 0 Å². The normalized spacial score (nSPS) is 10.4. The first-order valence-corrected chi connectivity index (χ1v) is 9.34. The smallest absolute Gasteiger partial charge is 0.272 e. The standard InChI is InChI=1S/C16H18N2O4S2/c1-12-9-13(4-5-15(12)18(20)21)22-10-16(19)17-6-8-23-11-14-3-2-7-24-14/h2-5,7,9H,6,8,10-11H2,1H3,(H,17,19). The van der Waals surface area contributed by atoms with Crippen LogP contribution < -0.4 is 10.1 Å². The lowest BCUT2D eigenvalue weighted by Crippen LogP contribution is -2.30. The van der Waals surface area contributed by atoms with Crippen molar-refractivity contribution in [3.05, 3.63) is 56.3 Å².